The average Bonchev–Trinajstić information content (AvgIpc) is 1.85. The van der Waals surface area contributed by atoms with E-state index in [0.717, 1.165) is 0 Å². The maximum atomic E-state index is 8.70. The molecule has 2 unspecified atom stereocenters. The van der Waals surface area contributed by atoms with Gasteiger partial charge in [0.15, 0.2) is 12.3 Å². The Hall–Kier alpha value is 0.230. The Morgan fingerprint density at radius 1 is 1.30 bits per heavy atom. The highest BCUT2D eigenvalue weighted by atomic mass is 31.1. The third-order valence-electron chi connectivity index (χ3n) is 0.742. The minimum absolute atomic E-state index is 0.123. The summed E-state index contributed by atoms with van der Waals surface area (Å²) < 4.78 is 4.29. The molecule has 0 radical (unpaired) electrons. The molecule has 0 spiro atoms. The lowest BCUT2D eigenvalue weighted by Crippen LogP contribution is -2.16. The van der Waals surface area contributed by atoms with E-state index < -0.39 is 19.1 Å². The number of aliphatic hydroxyl groups is 4. The first kappa shape index (κ1) is 10.2. The van der Waals surface area contributed by atoms with Crippen LogP contribution in [0.5, 0.6) is 0 Å². The number of hydrogen-bond acceptors (Lipinski definition) is 5. The molecule has 4 N–H and O–H groups in total. The quantitative estimate of drug-likeness (QED) is 0.289. The van der Waals surface area contributed by atoms with Crippen molar-refractivity contribution < 1.29 is 25.2 Å². The van der Waals surface area contributed by atoms with E-state index >= 15 is 0 Å². The van der Waals surface area contributed by atoms with Crippen molar-refractivity contribution in [3.8, 4) is 0 Å². The Labute approximate surface area is 60.0 Å². The number of aliphatic hydroxyl groups excluding tert-OH is 3. The Kier molecular flexibility index (Phi) is 6.11. The van der Waals surface area contributed by atoms with Gasteiger partial charge in [0, 0.05) is 6.16 Å². The van der Waals surface area contributed by atoms with Crippen molar-refractivity contribution >= 4 is 8.58 Å². The molecule has 2 atom stereocenters. The predicted octanol–water partition coefficient (Wildman–Crippen LogP) is -1.78. The molecule has 0 saturated carbocycles. The summed E-state index contributed by atoms with van der Waals surface area (Å²) in [6.45, 7) is -0.562. The molecule has 62 valence electrons. The van der Waals surface area contributed by atoms with Crippen LogP contribution in [0.4, 0.5) is 0 Å². The average molecular weight is 170 g/mol. The van der Waals surface area contributed by atoms with Gasteiger partial charge in [0.05, 0.1) is 0 Å². The van der Waals surface area contributed by atoms with Gasteiger partial charge in [-0.1, -0.05) is 8.58 Å². The maximum Gasteiger partial charge on any atom is 0.167 e. The van der Waals surface area contributed by atoms with Crippen LogP contribution in [0.15, 0.2) is 0 Å². The van der Waals surface area contributed by atoms with Gasteiger partial charge in [-0.25, -0.2) is 0 Å². The number of hydrogen-bond donors (Lipinski definition) is 4. The Balaban J connectivity index is 3.12. The van der Waals surface area contributed by atoms with Crippen LogP contribution in [-0.4, -0.2) is 45.7 Å². The minimum atomic E-state index is -1.41. The van der Waals surface area contributed by atoms with E-state index in [2.05, 4.69) is 4.74 Å². The van der Waals surface area contributed by atoms with Gasteiger partial charge < -0.3 is 25.2 Å². The van der Waals surface area contributed by atoms with Crippen molar-refractivity contribution in [2.75, 3.05) is 13.0 Å². The molecule has 0 bridgehead atoms. The largest absolute Gasteiger partial charge is 0.371 e. The summed E-state index contributed by atoms with van der Waals surface area (Å²) in [7, 11) is -0.196. The van der Waals surface area contributed by atoms with Crippen molar-refractivity contribution in [2.45, 2.75) is 12.3 Å². The summed E-state index contributed by atoms with van der Waals surface area (Å²) in [5.41, 5.74) is 0. The highest BCUT2D eigenvalue weighted by molar-refractivity contribution is 7.38. The van der Waals surface area contributed by atoms with Gasteiger partial charge in [-0.2, -0.15) is 0 Å². The van der Waals surface area contributed by atoms with Gasteiger partial charge in [-0.3, -0.25) is 0 Å². The topological polar surface area (TPSA) is 90.2 Å². The third kappa shape index (κ3) is 6.35. The van der Waals surface area contributed by atoms with Crippen LogP contribution in [0.2, 0.25) is 0 Å². The van der Waals surface area contributed by atoms with Crippen LogP contribution < -0.4 is 0 Å². The normalized spacial score (nSPS) is 15.3. The Bertz CT molecular complexity index is 78.0. The van der Waals surface area contributed by atoms with Crippen molar-refractivity contribution in [3.05, 3.63) is 0 Å². The van der Waals surface area contributed by atoms with Crippen molar-refractivity contribution in [1.29, 1.82) is 0 Å². The summed E-state index contributed by atoms with van der Waals surface area (Å²) in [4.78, 5) is 0. The molecule has 0 aromatic rings. The first-order valence-corrected chi connectivity index (χ1v) is 3.95. The van der Waals surface area contributed by atoms with Gasteiger partial charge >= 0.3 is 0 Å². The van der Waals surface area contributed by atoms with Crippen molar-refractivity contribution in [2.24, 2.45) is 0 Å². The summed E-state index contributed by atoms with van der Waals surface area (Å²) in [5, 5.41) is 33.4. The fraction of sp³-hybridized carbons (Fsp3) is 1.00. The molecule has 0 aliphatic heterocycles. The lowest BCUT2D eigenvalue weighted by molar-refractivity contribution is -0.137. The van der Waals surface area contributed by atoms with Crippen LogP contribution >= 0.6 is 8.58 Å². The zero-order chi connectivity index (χ0) is 7.98. The predicted molar refractivity (Wildman–Crippen MR) is 35.6 cm³/mol. The first-order valence-electron chi connectivity index (χ1n) is 2.67. The minimum Gasteiger partial charge on any atom is -0.371 e. The summed E-state index contributed by atoms with van der Waals surface area (Å²) in [5.74, 6) is 0. The first-order chi connectivity index (χ1) is 4.66. The van der Waals surface area contributed by atoms with Gasteiger partial charge in [-0.05, 0) is 0 Å². The third-order valence-corrected chi connectivity index (χ3v) is 1.69. The van der Waals surface area contributed by atoms with Crippen LogP contribution in [0.25, 0.3) is 0 Å². The molecular formula is C4H11O5P. The lowest BCUT2D eigenvalue weighted by atomic mass is 10.8. The second-order valence-corrected chi connectivity index (χ2v) is 2.87. The van der Waals surface area contributed by atoms with Gasteiger partial charge in [0.2, 0.25) is 0 Å². The highest BCUT2D eigenvalue weighted by Crippen LogP contribution is 2.15. The SMILES string of the molecule is OCOC(O)CPC(O)O. The van der Waals surface area contributed by atoms with E-state index in [9.17, 15) is 0 Å². The van der Waals surface area contributed by atoms with E-state index in [1.165, 1.54) is 0 Å². The van der Waals surface area contributed by atoms with Gasteiger partial charge in [0.1, 0.15) is 6.79 Å². The van der Waals surface area contributed by atoms with Gasteiger partial charge in [0.25, 0.3) is 0 Å². The molecule has 0 aromatic carbocycles. The maximum absolute atomic E-state index is 8.70. The second kappa shape index (κ2) is 5.97. The van der Waals surface area contributed by atoms with Crippen LogP contribution in [0, 0.1) is 0 Å². The van der Waals surface area contributed by atoms with E-state index in [0.29, 0.717) is 0 Å². The monoisotopic (exact) mass is 170 g/mol. The summed E-state index contributed by atoms with van der Waals surface area (Å²) in [6, 6.07) is -1.41. The molecule has 0 saturated heterocycles. The van der Waals surface area contributed by atoms with Crippen LogP contribution in [0.3, 0.4) is 0 Å². The van der Waals surface area contributed by atoms with Crippen LogP contribution in [0.1, 0.15) is 0 Å². The smallest absolute Gasteiger partial charge is 0.167 e. The molecule has 10 heavy (non-hydrogen) atoms. The molecule has 5 nitrogen and oxygen atoms in total. The molecule has 0 fully saturated rings. The Morgan fingerprint density at radius 3 is 2.30 bits per heavy atom. The molecule has 0 aliphatic carbocycles. The van der Waals surface area contributed by atoms with E-state index in [4.69, 9.17) is 20.4 Å². The van der Waals surface area contributed by atoms with E-state index in [1.54, 1.807) is 0 Å². The molecule has 0 aromatic heterocycles. The van der Waals surface area contributed by atoms with Gasteiger partial charge in [-0.15, -0.1) is 0 Å². The standard InChI is InChI=1S/C4H11O5P/c5-2-9-3(6)1-10-4(7)8/h3-8,10H,1-2H2. The number of rotatable bonds is 5. The fourth-order valence-electron chi connectivity index (χ4n) is 0.351. The van der Waals surface area contributed by atoms with Crippen molar-refractivity contribution in [1.82, 2.24) is 0 Å². The Morgan fingerprint density at radius 2 is 1.90 bits per heavy atom. The summed E-state index contributed by atoms with van der Waals surface area (Å²) >= 11 is 0. The molecular weight excluding hydrogens is 159 g/mol. The zero-order valence-electron chi connectivity index (χ0n) is 5.27. The molecule has 0 heterocycles. The molecule has 0 amide bonds. The second-order valence-electron chi connectivity index (χ2n) is 1.53. The van der Waals surface area contributed by atoms with E-state index in [-0.39, 0.29) is 14.7 Å². The summed E-state index contributed by atoms with van der Waals surface area (Å²) in [6.07, 6.45) is -0.983. The molecule has 0 rings (SSSR count). The molecule has 0 aliphatic rings. The van der Waals surface area contributed by atoms with Crippen LogP contribution in [-0.2, 0) is 4.74 Å². The highest BCUT2D eigenvalue weighted by Gasteiger charge is 2.05. The lowest BCUT2D eigenvalue weighted by Gasteiger charge is -2.09. The number of ether oxygens (including phenoxy) is 1. The van der Waals surface area contributed by atoms with E-state index in [1.807, 2.05) is 0 Å². The molecule has 6 heteroatoms. The zero-order valence-corrected chi connectivity index (χ0v) is 6.27. The fourth-order valence-corrected chi connectivity index (χ4v) is 0.881. The van der Waals surface area contributed by atoms with Crippen molar-refractivity contribution in [3.63, 3.8) is 0 Å².